The largest absolute Gasteiger partial charge is 0.454 e. The molecule has 3 aromatic carbocycles. The Bertz CT molecular complexity index is 1230. The first-order valence-electron chi connectivity index (χ1n) is 8.91. The lowest BCUT2D eigenvalue weighted by Gasteiger charge is -2.27. The Balaban J connectivity index is 1.59. The minimum absolute atomic E-state index is 0.123. The average molecular weight is 386 g/mol. The molecular formula is C22H14N2O5. The van der Waals surface area contributed by atoms with Crippen LogP contribution in [-0.4, -0.2) is 24.6 Å². The number of anilines is 1. The standard InChI is InChI=1S/C22H14N2O5/c25-20-16(10-13-8-9-18-19(11-13)29-12-28-18)21(26)24(22(27)23-20)17-7-3-5-14-4-1-2-6-15(14)17/h1-11H,12H2,(H,23,25,27)/b16-10-. The van der Waals surface area contributed by atoms with Crippen molar-refractivity contribution in [3.8, 4) is 11.5 Å². The zero-order valence-electron chi connectivity index (χ0n) is 15.0. The number of carbonyl (C=O) groups is 3. The lowest BCUT2D eigenvalue weighted by Crippen LogP contribution is -2.54. The number of barbiturate groups is 1. The number of benzene rings is 3. The van der Waals surface area contributed by atoms with Crippen LogP contribution in [0.25, 0.3) is 16.8 Å². The molecule has 1 N–H and O–H groups in total. The second-order valence-corrected chi connectivity index (χ2v) is 6.57. The number of carbonyl (C=O) groups excluding carboxylic acids is 3. The first-order chi connectivity index (χ1) is 14.1. The van der Waals surface area contributed by atoms with Crippen LogP contribution in [0.1, 0.15) is 5.56 Å². The van der Waals surface area contributed by atoms with Crippen LogP contribution in [-0.2, 0) is 9.59 Å². The summed E-state index contributed by atoms with van der Waals surface area (Å²) < 4.78 is 10.6. The maximum absolute atomic E-state index is 13.1. The van der Waals surface area contributed by atoms with Crippen LogP contribution in [0.5, 0.6) is 11.5 Å². The van der Waals surface area contributed by atoms with E-state index < -0.39 is 17.8 Å². The first-order valence-corrected chi connectivity index (χ1v) is 8.91. The molecule has 0 atom stereocenters. The van der Waals surface area contributed by atoms with Gasteiger partial charge in [0, 0.05) is 5.39 Å². The van der Waals surface area contributed by atoms with E-state index >= 15 is 0 Å². The van der Waals surface area contributed by atoms with Crippen molar-refractivity contribution >= 4 is 40.4 Å². The van der Waals surface area contributed by atoms with Crippen molar-refractivity contribution in [3.05, 3.63) is 71.8 Å². The lowest BCUT2D eigenvalue weighted by atomic mass is 10.0. The highest BCUT2D eigenvalue weighted by molar-refractivity contribution is 6.40. The van der Waals surface area contributed by atoms with E-state index in [1.54, 1.807) is 30.3 Å². The van der Waals surface area contributed by atoms with Crippen molar-refractivity contribution in [2.45, 2.75) is 0 Å². The number of hydrogen-bond acceptors (Lipinski definition) is 5. The summed E-state index contributed by atoms with van der Waals surface area (Å²) in [5, 5.41) is 3.86. The summed E-state index contributed by atoms with van der Waals surface area (Å²) in [7, 11) is 0. The van der Waals surface area contributed by atoms with E-state index in [0.29, 0.717) is 22.7 Å². The van der Waals surface area contributed by atoms with Gasteiger partial charge in [0.2, 0.25) is 6.79 Å². The zero-order chi connectivity index (χ0) is 20.0. The van der Waals surface area contributed by atoms with Gasteiger partial charge in [0.25, 0.3) is 11.8 Å². The fourth-order valence-corrected chi connectivity index (χ4v) is 3.45. The van der Waals surface area contributed by atoms with Crippen molar-refractivity contribution in [2.75, 3.05) is 11.7 Å². The highest BCUT2D eigenvalue weighted by atomic mass is 16.7. The van der Waals surface area contributed by atoms with Gasteiger partial charge >= 0.3 is 6.03 Å². The molecule has 2 aliphatic rings. The molecular weight excluding hydrogens is 372 g/mol. The molecule has 7 nitrogen and oxygen atoms in total. The molecule has 29 heavy (non-hydrogen) atoms. The highest BCUT2D eigenvalue weighted by Gasteiger charge is 2.37. The molecule has 3 aromatic rings. The van der Waals surface area contributed by atoms with Crippen molar-refractivity contribution in [1.82, 2.24) is 5.32 Å². The highest BCUT2D eigenvalue weighted by Crippen LogP contribution is 2.34. The van der Waals surface area contributed by atoms with Crippen molar-refractivity contribution in [1.29, 1.82) is 0 Å². The number of urea groups is 1. The minimum atomic E-state index is -0.779. The molecule has 0 radical (unpaired) electrons. The molecule has 142 valence electrons. The molecule has 0 unspecified atom stereocenters. The quantitative estimate of drug-likeness (QED) is 0.540. The van der Waals surface area contributed by atoms with Gasteiger partial charge in [-0.15, -0.1) is 0 Å². The number of ether oxygens (including phenoxy) is 2. The van der Waals surface area contributed by atoms with Gasteiger partial charge in [-0.25, -0.2) is 9.69 Å². The minimum Gasteiger partial charge on any atom is -0.454 e. The van der Waals surface area contributed by atoms with E-state index in [4.69, 9.17) is 9.47 Å². The second-order valence-electron chi connectivity index (χ2n) is 6.57. The topological polar surface area (TPSA) is 84.9 Å². The van der Waals surface area contributed by atoms with E-state index in [0.717, 1.165) is 15.7 Å². The fourth-order valence-electron chi connectivity index (χ4n) is 3.45. The molecule has 1 fully saturated rings. The average Bonchev–Trinajstić information content (AvgIpc) is 3.19. The Kier molecular flexibility index (Phi) is 3.80. The van der Waals surface area contributed by atoms with Gasteiger partial charge in [-0.05, 0) is 35.2 Å². The third-order valence-electron chi connectivity index (χ3n) is 4.82. The van der Waals surface area contributed by atoms with Crippen molar-refractivity contribution in [2.24, 2.45) is 0 Å². The molecule has 7 heteroatoms. The molecule has 4 amide bonds. The van der Waals surface area contributed by atoms with Gasteiger partial charge in [0.15, 0.2) is 11.5 Å². The summed E-state index contributed by atoms with van der Waals surface area (Å²) in [5.41, 5.74) is 0.853. The Morgan fingerprint density at radius 2 is 1.69 bits per heavy atom. The van der Waals surface area contributed by atoms with Crippen LogP contribution >= 0.6 is 0 Å². The third kappa shape index (κ3) is 2.80. The monoisotopic (exact) mass is 386 g/mol. The molecule has 5 rings (SSSR count). The number of hydrogen-bond donors (Lipinski definition) is 1. The normalized spacial score (nSPS) is 17.2. The SMILES string of the molecule is O=C1NC(=O)N(c2cccc3ccccc23)C(=O)/C1=C\c1ccc2c(c1)OCO2. The predicted octanol–water partition coefficient (Wildman–Crippen LogP) is 3.23. The smallest absolute Gasteiger partial charge is 0.335 e. The molecule has 0 bridgehead atoms. The van der Waals surface area contributed by atoms with Crippen LogP contribution in [0.4, 0.5) is 10.5 Å². The Labute approximate surface area is 165 Å². The van der Waals surface area contributed by atoms with Gasteiger partial charge in [-0.2, -0.15) is 0 Å². The maximum Gasteiger partial charge on any atom is 0.335 e. The van der Waals surface area contributed by atoms with Crippen LogP contribution in [0, 0.1) is 0 Å². The molecule has 2 heterocycles. The summed E-state index contributed by atoms with van der Waals surface area (Å²) >= 11 is 0. The predicted molar refractivity (Wildman–Crippen MR) is 106 cm³/mol. The third-order valence-corrected chi connectivity index (χ3v) is 4.82. The lowest BCUT2D eigenvalue weighted by molar-refractivity contribution is -0.122. The Morgan fingerprint density at radius 1 is 0.897 bits per heavy atom. The number of rotatable bonds is 2. The number of fused-ring (bicyclic) bond motifs is 2. The number of amides is 4. The van der Waals surface area contributed by atoms with E-state index in [-0.39, 0.29) is 12.4 Å². The number of imide groups is 2. The maximum atomic E-state index is 13.1. The van der Waals surface area contributed by atoms with Gasteiger partial charge in [-0.1, -0.05) is 42.5 Å². The van der Waals surface area contributed by atoms with Crippen LogP contribution in [0.3, 0.4) is 0 Å². The zero-order valence-corrected chi connectivity index (χ0v) is 15.0. The van der Waals surface area contributed by atoms with Crippen molar-refractivity contribution < 1.29 is 23.9 Å². The molecule has 1 saturated heterocycles. The molecule has 0 aromatic heterocycles. The molecule has 0 spiro atoms. The molecule has 0 saturated carbocycles. The first kappa shape index (κ1) is 17.0. The summed E-state index contributed by atoms with van der Waals surface area (Å²) in [5.74, 6) is -0.300. The van der Waals surface area contributed by atoms with E-state index in [9.17, 15) is 14.4 Å². The summed E-state index contributed by atoms with van der Waals surface area (Å²) in [6.07, 6.45) is 1.43. The Hall–Kier alpha value is -4.13. The van der Waals surface area contributed by atoms with Gasteiger partial charge in [0.05, 0.1) is 5.69 Å². The van der Waals surface area contributed by atoms with Crippen LogP contribution < -0.4 is 19.7 Å². The number of nitrogens with one attached hydrogen (secondary N) is 1. The summed E-state index contributed by atoms with van der Waals surface area (Å²) in [6, 6.07) is 17.0. The van der Waals surface area contributed by atoms with Gasteiger partial charge in [-0.3, -0.25) is 14.9 Å². The van der Waals surface area contributed by atoms with Gasteiger partial charge < -0.3 is 9.47 Å². The summed E-state index contributed by atoms with van der Waals surface area (Å²) in [4.78, 5) is 39.0. The van der Waals surface area contributed by atoms with Gasteiger partial charge in [0.1, 0.15) is 5.57 Å². The van der Waals surface area contributed by atoms with Crippen LogP contribution in [0.2, 0.25) is 0 Å². The second kappa shape index (κ2) is 6.49. The fraction of sp³-hybridized carbons (Fsp3) is 0.0455. The summed E-state index contributed by atoms with van der Waals surface area (Å²) in [6.45, 7) is 0.123. The van der Waals surface area contributed by atoms with E-state index in [1.165, 1.54) is 6.08 Å². The van der Waals surface area contributed by atoms with E-state index in [2.05, 4.69) is 5.32 Å². The molecule has 2 aliphatic heterocycles. The number of nitrogens with zero attached hydrogens (tertiary/aromatic N) is 1. The van der Waals surface area contributed by atoms with Crippen molar-refractivity contribution in [3.63, 3.8) is 0 Å². The van der Waals surface area contributed by atoms with Crippen LogP contribution in [0.15, 0.2) is 66.2 Å². The molecule has 0 aliphatic carbocycles. The van der Waals surface area contributed by atoms with E-state index in [1.807, 2.05) is 30.3 Å². The Morgan fingerprint density at radius 3 is 2.59 bits per heavy atom.